The number of hydrogen-bond acceptors (Lipinski definition) is 2. The molecule has 2 heteroatoms. The van der Waals surface area contributed by atoms with Gasteiger partial charge in [-0.15, -0.1) is 0 Å². The van der Waals surface area contributed by atoms with E-state index in [1.54, 1.807) is 0 Å². The molecule has 0 aromatic heterocycles. The Morgan fingerprint density at radius 2 is 0.694 bits per heavy atom. The van der Waals surface area contributed by atoms with Crippen LogP contribution in [0.1, 0.15) is 194 Å². The summed E-state index contributed by atoms with van der Waals surface area (Å²) in [5.41, 5.74) is 5.64. The number of rotatable bonds is 32. The first-order chi connectivity index (χ1) is 17.8. The van der Waals surface area contributed by atoms with Crippen molar-refractivity contribution >= 4 is 0 Å². The van der Waals surface area contributed by atoms with Gasteiger partial charge in [0.1, 0.15) is 0 Å². The van der Waals surface area contributed by atoms with Crippen molar-refractivity contribution in [2.75, 3.05) is 19.8 Å². The third-order valence-corrected chi connectivity index (χ3v) is 8.05. The number of unbranched alkanes of at least 4 members (excludes halogenated alkanes) is 24. The Morgan fingerprint density at radius 3 is 0.972 bits per heavy atom. The molecule has 2 N–H and O–H groups in total. The molecule has 1 atom stereocenters. The van der Waals surface area contributed by atoms with Gasteiger partial charge in [0, 0.05) is 13.2 Å². The van der Waals surface area contributed by atoms with Gasteiger partial charge in [-0.2, -0.15) is 0 Å². The molecule has 218 valence electrons. The zero-order valence-corrected chi connectivity index (χ0v) is 25.5. The van der Waals surface area contributed by atoms with E-state index >= 15 is 0 Å². The molecule has 0 bridgehead atoms. The molecule has 0 rings (SSSR count). The third-order valence-electron chi connectivity index (χ3n) is 8.05. The first-order valence-electron chi connectivity index (χ1n) is 17.1. The lowest BCUT2D eigenvalue weighted by molar-refractivity contribution is 0.0966. The molecule has 0 aliphatic carbocycles. The largest absolute Gasteiger partial charge is 0.380 e. The average molecular weight is 510 g/mol. The number of ether oxygens (including phenoxy) is 1. The summed E-state index contributed by atoms with van der Waals surface area (Å²) >= 11 is 0. The molecule has 0 heterocycles. The van der Waals surface area contributed by atoms with Crippen molar-refractivity contribution in [1.82, 2.24) is 0 Å². The van der Waals surface area contributed by atoms with E-state index in [2.05, 4.69) is 13.8 Å². The third kappa shape index (κ3) is 30.1. The Morgan fingerprint density at radius 1 is 0.417 bits per heavy atom. The SMILES string of the molecule is CCCCCCCCCCCCCCCCC(CCCCCCCCCCCCCC)COCCN. The van der Waals surface area contributed by atoms with Crippen LogP contribution < -0.4 is 5.73 Å². The molecule has 2 nitrogen and oxygen atoms in total. The molecule has 0 fully saturated rings. The predicted molar refractivity (Wildman–Crippen MR) is 164 cm³/mol. The highest BCUT2D eigenvalue weighted by molar-refractivity contribution is 4.61. The van der Waals surface area contributed by atoms with Crippen LogP contribution in [0.5, 0.6) is 0 Å². The molecule has 0 aliphatic heterocycles. The fourth-order valence-corrected chi connectivity index (χ4v) is 5.55. The van der Waals surface area contributed by atoms with Gasteiger partial charge in [-0.1, -0.05) is 181 Å². The quantitative estimate of drug-likeness (QED) is 0.0915. The Balaban J connectivity index is 3.56. The highest BCUT2D eigenvalue weighted by Gasteiger charge is 2.09. The topological polar surface area (TPSA) is 35.2 Å². The van der Waals surface area contributed by atoms with Crippen LogP contribution in [0.2, 0.25) is 0 Å². The fraction of sp³-hybridized carbons (Fsp3) is 1.00. The Hall–Kier alpha value is -0.0800. The molecule has 0 amide bonds. The Labute approximate surface area is 229 Å². The maximum absolute atomic E-state index is 5.85. The monoisotopic (exact) mass is 510 g/mol. The van der Waals surface area contributed by atoms with Gasteiger partial charge < -0.3 is 10.5 Å². The lowest BCUT2D eigenvalue weighted by atomic mass is 9.94. The lowest BCUT2D eigenvalue weighted by Gasteiger charge is -2.17. The van der Waals surface area contributed by atoms with Gasteiger partial charge in [-0.3, -0.25) is 0 Å². The van der Waals surface area contributed by atoms with Crippen LogP contribution in [0.25, 0.3) is 0 Å². The lowest BCUT2D eigenvalue weighted by Crippen LogP contribution is -2.15. The van der Waals surface area contributed by atoms with Crippen molar-refractivity contribution in [2.24, 2.45) is 11.7 Å². The first-order valence-corrected chi connectivity index (χ1v) is 17.1. The summed E-state index contributed by atoms with van der Waals surface area (Å²) in [6.45, 7) is 6.93. The maximum Gasteiger partial charge on any atom is 0.0588 e. The van der Waals surface area contributed by atoms with E-state index in [0.29, 0.717) is 6.54 Å². The maximum atomic E-state index is 5.85. The van der Waals surface area contributed by atoms with Gasteiger partial charge in [0.05, 0.1) is 6.61 Å². The molecular weight excluding hydrogens is 438 g/mol. The van der Waals surface area contributed by atoms with Crippen LogP contribution in [0, 0.1) is 5.92 Å². The van der Waals surface area contributed by atoms with E-state index in [0.717, 1.165) is 19.1 Å². The normalized spacial score (nSPS) is 12.4. The Kier molecular flexibility index (Phi) is 32.9. The summed E-state index contributed by atoms with van der Waals surface area (Å²) in [5.74, 6) is 0.761. The van der Waals surface area contributed by atoms with Gasteiger partial charge in [0.25, 0.3) is 0 Å². The summed E-state index contributed by atoms with van der Waals surface area (Å²) in [6.07, 6.45) is 40.2. The second-order valence-electron chi connectivity index (χ2n) is 11.8. The van der Waals surface area contributed by atoms with Crippen molar-refractivity contribution in [1.29, 1.82) is 0 Å². The second-order valence-corrected chi connectivity index (χ2v) is 11.8. The van der Waals surface area contributed by atoms with Crippen LogP contribution in [0.3, 0.4) is 0 Å². The van der Waals surface area contributed by atoms with Gasteiger partial charge in [-0.05, 0) is 18.8 Å². The molecule has 0 saturated heterocycles. The van der Waals surface area contributed by atoms with E-state index in [1.807, 2.05) is 0 Å². The van der Waals surface area contributed by atoms with Crippen molar-refractivity contribution in [2.45, 2.75) is 194 Å². The minimum absolute atomic E-state index is 0.657. The Bertz CT molecular complexity index is 372. The standard InChI is InChI=1S/C34H71NO/c1-3-5-7-9-11-13-15-17-18-20-22-24-26-28-30-34(33-36-32-31-35)29-27-25-23-21-19-16-14-12-10-8-6-4-2/h34H,3-33,35H2,1-2H3. The van der Waals surface area contributed by atoms with Crippen LogP contribution in [0.4, 0.5) is 0 Å². The highest BCUT2D eigenvalue weighted by atomic mass is 16.5. The van der Waals surface area contributed by atoms with Crippen molar-refractivity contribution < 1.29 is 4.74 Å². The molecule has 1 unspecified atom stereocenters. The summed E-state index contributed by atoms with van der Waals surface area (Å²) < 4.78 is 5.85. The van der Waals surface area contributed by atoms with Crippen LogP contribution in [-0.2, 0) is 4.74 Å². The average Bonchev–Trinajstić information content (AvgIpc) is 2.89. The molecular formula is C34H71NO. The molecule has 0 radical (unpaired) electrons. The van der Waals surface area contributed by atoms with Crippen LogP contribution in [0.15, 0.2) is 0 Å². The minimum atomic E-state index is 0.657. The van der Waals surface area contributed by atoms with Crippen molar-refractivity contribution in [3.63, 3.8) is 0 Å². The predicted octanol–water partition coefficient (Wildman–Crippen LogP) is 11.5. The zero-order valence-electron chi connectivity index (χ0n) is 25.5. The molecule has 0 saturated carbocycles. The summed E-state index contributed by atoms with van der Waals surface area (Å²) in [6, 6.07) is 0. The van der Waals surface area contributed by atoms with Gasteiger partial charge >= 0.3 is 0 Å². The van der Waals surface area contributed by atoms with Crippen LogP contribution in [-0.4, -0.2) is 19.8 Å². The molecule has 36 heavy (non-hydrogen) atoms. The van der Waals surface area contributed by atoms with E-state index in [9.17, 15) is 0 Å². The van der Waals surface area contributed by atoms with Crippen LogP contribution >= 0.6 is 0 Å². The molecule has 0 aromatic rings. The van der Waals surface area contributed by atoms with Crippen molar-refractivity contribution in [3.05, 3.63) is 0 Å². The van der Waals surface area contributed by atoms with Crippen molar-refractivity contribution in [3.8, 4) is 0 Å². The minimum Gasteiger partial charge on any atom is -0.380 e. The summed E-state index contributed by atoms with van der Waals surface area (Å²) in [7, 11) is 0. The first kappa shape index (κ1) is 35.9. The zero-order chi connectivity index (χ0) is 26.2. The summed E-state index contributed by atoms with van der Waals surface area (Å²) in [5, 5.41) is 0. The van der Waals surface area contributed by atoms with E-state index in [1.165, 1.54) is 180 Å². The highest BCUT2D eigenvalue weighted by Crippen LogP contribution is 2.20. The van der Waals surface area contributed by atoms with Gasteiger partial charge in [0.2, 0.25) is 0 Å². The molecule has 0 aromatic carbocycles. The second kappa shape index (κ2) is 32.9. The number of hydrogen-bond donors (Lipinski definition) is 1. The van der Waals surface area contributed by atoms with E-state index in [4.69, 9.17) is 10.5 Å². The molecule has 0 spiro atoms. The van der Waals surface area contributed by atoms with E-state index in [-0.39, 0.29) is 0 Å². The van der Waals surface area contributed by atoms with Gasteiger partial charge in [0.15, 0.2) is 0 Å². The smallest absolute Gasteiger partial charge is 0.0588 e. The number of nitrogens with two attached hydrogens (primary N) is 1. The fourth-order valence-electron chi connectivity index (χ4n) is 5.55. The summed E-state index contributed by atoms with van der Waals surface area (Å²) in [4.78, 5) is 0. The van der Waals surface area contributed by atoms with Gasteiger partial charge in [-0.25, -0.2) is 0 Å². The van der Waals surface area contributed by atoms with E-state index < -0.39 is 0 Å². The molecule has 0 aliphatic rings.